The van der Waals surface area contributed by atoms with Gasteiger partial charge in [-0.1, -0.05) is 29.8 Å². The second-order valence-electron chi connectivity index (χ2n) is 8.00. The summed E-state index contributed by atoms with van der Waals surface area (Å²) in [4.78, 5) is 32.9. The number of nitrogens with one attached hydrogen (secondary N) is 3. The van der Waals surface area contributed by atoms with E-state index in [-0.39, 0.29) is 11.7 Å². The van der Waals surface area contributed by atoms with Crippen LogP contribution in [0.2, 0.25) is 0 Å². The number of hydrogen-bond acceptors (Lipinski definition) is 6. The Morgan fingerprint density at radius 2 is 1.24 bits per heavy atom. The van der Waals surface area contributed by atoms with Gasteiger partial charge in [-0.3, -0.25) is 9.59 Å². The highest BCUT2D eigenvalue weighted by Crippen LogP contribution is 2.21. The van der Waals surface area contributed by atoms with E-state index < -0.39 is 0 Å². The number of benzene rings is 3. The third-order valence-corrected chi connectivity index (χ3v) is 5.13. The number of rotatable bonds is 7. The lowest BCUT2D eigenvalue weighted by atomic mass is 10.1. The van der Waals surface area contributed by atoms with Crippen molar-refractivity contribution in [2.75, 3.05) is 16.0 Å². The van der Waals surface area contributed by atoms with E-state index in [9.17, 15) is 9.59 Å². The Hall–Kier alpha value is -4.52. The predicted molar refractivity (Wildman–Crippen MR) is 135 cm³/mol. The van der Waals surface area contributed by atoms with Crippen LogP contribution in [0, 0.1) is 13.8 Å². The van der Waals surface area contributed by atoms with Crippen LogP contribution in [0.15, 0.2) is 78.9 Å². The lowest BCUT2D eigenvalue weighted by molar-refractivity contribution is 0.101. The molecule has 0 unspecified atom stereocenters. The molecule has 0 aliphatic rings. The van der Waals surface area contributed by atoms with Crippen molar-refractivity contribution in [3.05, 3.63) is 101 Å². The van der Waals surface area contributed by atoms with E-state index in [2.05, 4.69) is 25.9 Å². The fourth-order valence-electron chi connectivity index (χ4n) is 3.30. The Labute approximate surface area is 198 Å². The SMILES string of the molecule is CC(=O)c1ccc(C(=O)Nc2ccc(Nc3cc(C)nc(Nc4ccc(C)cc4)n3)cc2)cc1. The molecule has 1 aromatic heterocycles. The Bertz CT molecular complexity index is 1310. The number of aryl methyl sites for hydroxylation is 2. The van der Waals surface area contributed by atoms with E-state index in [4.69, 9.17) is 0 Å². The first-order chi connectivity index (χ1) is 16.4. The van der Waals surface area contributed by atoms with Crippen LogP contribution >= 0.6 is 0 Å². The zero-order valence-corrected chi connectivity index (χ0v) is 19.2. The average Bonchev–Trinajstić information content (AvgIpc) is 2.81. The van der Waals surface area contributed by atoms with Gasteiger partial charge < -0.3 is 16.0 Å². The van der Waals surface area contributed by atoms with Crippen LogP contribution in [0.25, 0.3) is 0 Å². The van der Waals surface area contributed by atoms with Gasteiger partial charge in [0.1, 0.15) is 5.82 Å². The summed E-state index contributed by atoms with van der Waals surface area (Å²) in [6.45, 7) is 5.45. The molecule has 0 fully saturated rings. The van der Waals surface area contributed by atoms with E-state index in [0.29, 0.717) is 28.6 Å². The summed E-state index contributed by atoms with van der Waals surface area (Å²) >= 11 is 0. The van der Waals surface area contributed by atoms with Crippen molar-refractivity contribution in [3.8, 4) is 0 Å². The molecule has 4 rings (SSSR count). The number of nitrogens with zero attached hydrogens (tertiary/aromatic N) is 2. The van der Waals surface area contributed by atoms with E-state index in [0.717, 1.165) is 17.1 Å². The maximum Gasteiger partial charge on any atom is 0.255 e. The minimum absolute atomic E-state index is 0.0352. The van der Waals surface area contributed by atoms with Crippen LogP contribution in [0.3, 0.4) is 0 Å². The lowest BCUT2D eigenvalue weighted by Gasteiger charge is -2.11. The van der Waals surface area contributed by atoms with Crippen molar-refractivity contribution >= 4 is 40.5 Å². The Kier molecular flexibility index (Phi) is 6.64. The molecule has 0 spiro atoms. The summed E-state index contributed by atoms with van der Waals surface area (Å²) in [5.41, 5.74) is 5.46. The van der Waals surface area contributed by atoms with Gasteiger partial charge in [0, 0.05) is 39.9 Å². The molecule has 0 aliphatic heterocycles. The van der Waals surface area contributed by atoms with Gasteiger partial charge in [-0.15, -0.1) is 0 Å². The van der Waals surface area contributed by atoms with Gasteiger partial charge in [0.25, 0.3) is 5.91 Å². The van der Waals surface area contributed by atoms with E-state index in [1.165, 1.54) is 12.5 Å². The Morgan fingerprint density at radius 1 is 0.676 bits per heavy atom. The molecule has 34 heavy (non-hydrogen) atoms. The normalized spacial score (nSPS) is 10.4. The maximum atomic E-state index is 12.5. The van der Waals surface area contributed by atoms with Crippen LogP contribution in [0.5, 0.6) is 0 Å². The van der Waals surface area contributed by atoms with Gasteiger partial charge in [0.15, 0.2) is 5.78 Å². The molecule has 0 saturated carbocycles. The van der Waals surface area contributed by atoms with Crippen molar-refractivity contribution in [3.63, 3.8) is 0 Å². The highest BCUT2D eigenvalue weighted by Gasteiger charge is 2.08. The highest BCUT2D eigenvalue weighted by molar-refractivity contribution is 6.05. The fourth-order valence-corrected chi connectivity index (χ4v) is 3.30. The van der Waals surface area contributed by atoms with E-state index >= 15 is 0 Å². The number of Topliss-reactive ketones (excluding diaryl/α,β-unsaturated/α-hetero) is 1. The molecule has 7 heteroatoms. The number of ketones is 1. The molecule has 170 valence electrons. The first-order valence-electron chi connectivity index (χ1n) is 10.8. The minimum Gasteiger partial charge on any atom is -0.340 e. The van der Waals surface area contributed by atoms with Gasteiger partial charge in [-0.2, -0.15) is 4.98 Å². The van der Waals surface area contributed by atoms with Crippen LogP contribution in [-0.4, -0.2) is 21.7 Å². The quantitative estimate of drug-likeness (QED) is 0.297. The molecule has 3 aromatic carbocycles. The molecule has 1 heterocycles. The van der Waals surface area contributed by atoms with Gasteiger partial charge in [-0.05, 0) is 69.3 Å². The van der Waals surface area contributed by atoms with Gasteiger partial charge in [0.05, 0.1) is 0 Å². The maximum absolute atomic E-state index is 12.5. The zero-order chi connectivity index (χ0) is 24.1. The summed E-state index contributed by atoms with van der Waals surface area (Å²) in [6, 6.07) is 23.8. The second kappa shape index (κ2) is 9.95. The summed E-state index contributed by atoms with van der Waals surface area (Å²) in [7, 11) is 0. The van der Waals surface area contributed by atoms with Crippen molar-refractivity contribution in [1.82, 2.24) is 9.97 Å². The second-order valence-corrected chi connectivity index (χ2v) is 8.00. The average molecular weight is 452 g/mol. The number of aromatic nitrogens is 2. The summed E-state index contributed by atoms with van der Waals surface area (Å²) < 4.78 is 0. The molecule has 3 N–H and O–H groups in total. The number of anilines is 5. The largest absolute Gasteiger partial charge is 0.340 e. The molecular formula is C27H25N5O2. The monoisotopic (exact) mass is 451 g/mol. The van der Waals surface area contributed by atoms with Gasteiger partial charge >= 0.3 is 0 Å². The smallest absolute Gasteiger partial charge is 0.255 e. The molecule has 0 bridgehead atoms. The molecule has 0 atom stereocenters. The van der Waals surface area contributed by atoms with Crippen molar-refractivity contribution < 1.29 is 9.59 Å². The zero-order valence-electron chi connectivity index (χ0n) is 19.2. The summed E-state index contributed by atoms with van der Waals surface area (Å²) in [5, 5.41) is 9.36. The molecular weight excluding hydrogens is 426 g/mol. The first kappa shape index (κ1) is 22.7. The van der Waals surface area contributed by atoms with Crippen LogP contribution in [-0.2, 0) is 0 Å². The van der Waals surface area contributed by atoms with Gasteiger partial charge in [-0.25, -0.2) is 4.98 Å². The minimum atomic E-state index is -0.242. The molecule has 0 aliphatic carbocycles. The number of carbonyl (C=O) groups is 2. The van der Waals surface area contributed by atoms with Crippen LogP contribution in [0.4, 0.5) is 28.8 Å². The molecule has 4 aromatic rings. The highest BCUT2D eigenvalue weighted by atomic mass is 16.1. The van der Waals surface area contributed by atoms with Crippen molar-refractivity contribution in [1.29, 1.82) is 0 Å². The fraction of sp³-hybridized carbons (Fsp3) is 0.111. The number of carbonyl (C=O) groups excluding carboxylic acids is 2. The molecule has 7 nitrogen and oxygen atoms in total. The number of hydrogen-bond donors (Lipinski definition) is 3. The topological polar surface area (TPSA) is 96.0 Å². The van der Waals surface area contributed by atoms with E-state index in [1.807, 2.05) is 68.4 Å². The number of amides is 1. The van der Waals surface area contributed by atoms with Crippen molar-refractivity contribution in [2.45, 2.75) is 20.8 Å². The van der Waals surface area contributed by atoms with Crippen molar-refractivity contribution in [2.24, 2.45) is 0 Å². The summed E-state index contributed by atoms with van der Waals surface area (Å²) in [6.07, 6.45) is 0. The molecule has 0 saturated heterocycles. The van der Waals surface area contributed by atoms with E-state index in [1.54, 1.807) is 24.3 Å². The van der Waals surface area contributed by atoms with Gasteiger partial charge in [0.2, 0.25) is 5.95 Å². The van der Waals surface area contributed by atoms with Crippen LogP contribution in [0.1, 0.15) is 38.9 Å². The van der Waals surface area contributed by atoms with Crippen LogP contribution < -0.4 is 16.0 Å². The third kappa shape index (κ3) is 5.83. The summed E-state index contributed by atoms with van der Waals surface area (Å²) in [5.74, 6) is 0.886. The Balaban J connectivity index is 1.41. The third-order valence-electron chi connectivity index (χ3n) is 5.13. The molecule has 1 amide bonds. The predicted octanol–water partition coefficient (Wildman–Crippen LogP) is 6.04. The molecule has 0 radical (unpaired) electrons. The Morgan fingerprint density at radius 3 is 1.88 bits per heavy atom. The lowest BCUT2D eigenvalue weighted by Crippen LogP contribution is -2.12. The first-order valence-corrected chi connectivity index (χ1v) is 10.8. The standard InChI is InChI=1S/C27H25N5O2/c1-17-4-10-24(11-5-17)31-27-28-18(2)16-25(32-27)29-22-12-14-23(15-13-22)30-26(34)21-8-6-20(7-9-21)19(3)33/h4-16H,1-3H3,(H,30,34)(H2,28,29,31,32).